The van der Waals surface area contributed by atoms with E-state index in [9.17, 15) is 4.79 Å². The lowest BCUT2D eigenvalue weighted by Crippen LogP contribution is -2.40. The van der Waals surface area contributed by atoms with Crippen LogP contribution in [0.15, 0.2) is 0 Å². The van der Waals surface area contributed by atoms with E-state index in [2.05, 4.69) is 13.8 Å². The Morgan fingerprint density at radius 3 is 1.96 bits per heavy atom. The quantitative estimate of drug-likeness (QED) is 0.223. The van der Waals surface area contributed by atoms with Gasteiger partial charge in [-0.25, -0.2) is 0 Å². The molecule has 0 aromatic rings. The molecule has 0 unspecified atom stereocenters. The van der Waals surface area contributed by atoms with Crippen LogP contribution in [0.1, 0.15) is 90.9 Å². The Balaban J connectivity index is 2.28. The van der Waals surface area contributed by atoms with Crippen LogP contribution in [0.5, 0.6) is 0 Å². The summed E-state index contributed by atoms with van der Waals surface area (Å²) in [4.78, 5) is 13.0. The summed E-state index contributed by atoms with van der Waals surface area (Å²) in [5.41, 5.74) is 0. The van der Waals surface area contributed by atoms with Crippen molar-refractivity contribution in [2.45, 2.75) is 101 Å². The molecule has 1 rings (SSSR count). The van der Waals surface area contributed by atoms with Gasteiger partial charge in [0.05, 0.1) is 0 Å². The molecule has 2 nitrogen and oxygen atoms in total. The van der Waals surface area contributed by atoms with Crippen molar-refractivity contribution in [1.29, 1.82) is 0 Å². The van der Waals surface area contributed by atoms with Crippen molar-refractivity contribution in [1.82, 2.24) is 4.90 Å². The van der Waals surface area contributed by atoms with E-state index in [0.717, 1.165) is 25.8 Å². The van der Waals surface area contributed by atoms with Crippen molar-refractivity contribution >= 4 is 40.7 Å². The monoisotopic (exact) mass is 411 g/mol. The summed E-state index contributed by atoms with van der Waals surface area (Å²) in [6.45, 7) is 5.65. The molecule has 1 aliphatic rings. The molecule has 1 aliphatic heterocycles. The highest BCUT2D eigenvalue weighted by Crippen LogP contribution is 2.43. The van der Waals surface area contributed by atoms with Crippen molar-refractivity contribution in [2.24, 2.45) is 5.92 Å². The number of likely N-dealkylation sites (tertiary alicyclic amines) is 1. The van der Waals surface area contributed by atoms with Crippen molar-refractivity contribution in [3.63, 3.8) is 0 Å². The first-order valence-electron chi connectivity index (χ1n) is 10.2. The maximum absolute atomic E-state index is 12.7. The highest BCUT2D eigenvalue weighted by atomic mass is 35.5. The lowest BCUT2D eigenvalue weighted by molar-refractivity contribution is -0.130. The normalized spacial score (nSPS) is 23.8. The van der Waals surface area contributed by atoms with Crippen molar-refractivity contribution in [2.75, 3.05) is 13.1 Å². The SMILES string of the molecule is CCCCCCCCCCCC[C@@]1(Cl)C(=O)N(CCC)C[C@H]1C(Cl)Cl. The Morgan fingerprint density at radius 2 is 1.48 bits per heavy atom. The van der Waals surface area contributed by atoms with Crippen LogP contribution in [-0.4, -0.2) is 33.6 Å². The van der Waals surface area contributed by atoms with Crippen molar-refractivity contribution in [3.05, 3.63) is 0 Å². The topological polar surface area (TPSA) is 20.3 Å². The standard InChI is InChI=1S/C20H36Cl3NO/c1-3-5-6-7-8-9-10-11-12-13-14-20(23)17(18(21)22)16-24(15-4-2)19(20)25/h17-18H,3-16H2,1-2H3/t17-,20-/m0/s1. The zero-order valence-electron chi connectivity index (χ0n) is 16.0. The maximum Gasteiger partial charge on any atom is 0.244 e. The summed E-state index contributed by atoms with van der Waals surface area (Å²) in [6, 6.07) is 0. The molecule has 0 saturated carbocycles. The molecule has 0 spiro atoms. The number of carbonyl (C=O) groups is 1. The molecule has 1 heterocycles. The van der Waals surface area contributed by atoms with Gasteiger partial charge in [-0.05, 0) is 12.8 Å². The molecule has 5 heteroatoms. The Hall–Kier alpha value is 0.340. The van der Waals surface area contributed by atoms with Crippen LogP contribution < -0.4 is 0 Å². The van der Waals surface area contributed by atoms with Crippen molar-refractivity contribution in [3.8, 4) is 0 Å². The predicted octanol–water partition coefficient (Wildman–Crippen LogP) is 6.95. The third-order valence-electron chi connectivity index (χ3n) is 5.34. The van der Waals surface area contributed by atoms with Gasteiger partial charge in [-0.15, -0.1) is 34.8 Å². The summed E-state index contributed by atoms with van der Waals surface area (Å²) >= 11 is 19.0. The van der Waals surface area contributed by atoms with Gasteiger partial charge in [-0.3, -0.25) is 4.79 Å². The molecule has 0 aliphatic carbocycles. The summed E-state index contributed by atoms with van der Waals surface area (Å²) in [7, 11) is 0. The Labute approximate surface area is 169 Å². The molecule has 0 N–H and O–H groups in total. The zero-order valence-corrected chi connectivity index (χ0v) is 18.3. The second kappa shape index (κ2) is 12.7. The molecule has 0 aromatic heterocycles. The minimum absolute atomic E-state index is 0.0308. The smallest absolute Gasteiger partial charge is 0.244 e. The molecular formula is C20H36Cl3NO. The molecule has 25 heavy (non-hydrogen) atoms. The van der Waals surface area contributed by atoms with Crippen LogP contribution in [0.3, 0.4) is 0 Å². The molecule has 148 valence electrons. The second-order valence-corrected chi connectivity index (χ2v) is 9.32. The number of carbonyl (C=O) groups excluding carboxylic acids is 1. The number of hydrogen-bond acceptors (Lipinski definition) is 1. The fraction of sp³-hybridized carbons (Fsp3) is 0.950. The first kappa shape index (κ1) is 23.4. The van der Waals surface area contributed by atoms with Crippen molar-refractivity contribution < 1.29 is 4.79 Å². The van der Waals surface area contributed by atoms with Gasteiger partial charge in [0.15, 0.2) is 0 Å². The third-order valence-corrected chi connectivity index (χ3v) is 6.58. The fourth-order valence-corrected chi connectivity index (χ4v) is 4.96. The number of hydrogen-bond donors (Lipinski definition) is 0. The fourth-order valence-electron chi connectivity index (χ4n) is 3.79. The number of halogens is 3. The number of unbranched alkanes of at least 4 members (excludes halogenated alkanes) is 9. The van der Waals surface area contributed by atoms with Crippen LogP contribution >= 0.6 is 34.8 Å². The average Bonchev–Trinajstić information content (AvgIpc) is 2.82. The third kappa shape index (κ3) is 7.46. The maximum atomic E-state index is 12.7. The summed E-state index contributed by atoms with van der Waals surface area (Å²) in [5, 5.41) is 0. The number of alkyl halides is 3. The first-order valence-corrected chi connectivity index (χ1v) is 11.5. The minimum Gasteiger partial charge on any atom is -0.341 e. The van der Waals surface area contributed by atoms with E-state index in [4.69, 9.17) is 34.8 Å². The van der Waals surface area contributed by atoms with E-state index in [-0.39, 0.29) is 11.8 Å². The molecule has 0 bridgehead atoms. The second-order valence-electron chi connectivity index (χ2n) is 7.49. The largest absolute Gasteiger partial charge is 0.341 e. The molecule has 0 aromatic carbocycles. The van der Waals surface area contributed by atoms with E-state index in [1.165, 1.54) is 51.4 Å². The van der Waals surface area contributed by atoms with Crippen LogP contribution in [0.2, 0.25) is 0 Å². The first-order chi connectivity index (χ1) is 12.0. The Kier molecular flexibility index (Phi) is 11.9. The van der Waals surface area contributed by atoms with Gasteiger partial charge in [0.1, 0.15) is 9.71 Å². The molecule has 1 fully saturated rings. The summed E-state index contributed by atoms with van der Waals surface area (Å²) in [6.07, 6.45) is 14.3. The molecule has 1 amide bonds. The lowest BCUT2D eigenvalue weighted by Gasteiger charge is -2.26. The van der Waals surface area contributed by atoms with E-state index >= 15 is 0 Å². The Morgan fingerprint density at radius 1 is 0.960 bits per heavy atom. The van der Waals surface area contributed by atoms with E-state index < -0.39 is 9.71 Å². The van der Waals surface area contributed by atoms with Crippen LogP contribution in [0, 0.1) is 5.92 Å². The number of amides is 1. The molecule has 1 saturated heterocycles. The van der Waals surface area contributed by atoms with Gasteiger partial charge in [0.25, 0.3) is 0 Å². The predicted molar refractivity (Wildman–Crippen MR) is 111 cm³/mol. The highest BCUT2D eigenvalue weighted by molar-refractivity contribution is 6.46. The zero-order chi connectivity index (χ0) is 18.7. The molecular weight excluding hydrogens is 377 g/mol. The Bertz CT molecular complexity index is 378. The van der Waals surface area contributed by atoms with E-state index in [0.29, 0.717) is 13.0 Å². The van der Waals surface area contributed by atoms with Gasteiger partial charge in [0, 0.05) is 19.0 Å². The van der Waals surface area contributed by atoms with Gasteiger partial charge in [-0.2, -0.15) is 0 Å². The van der Waals surface area contributed by atoms with Gasteiger partial charge >= 0.3 is 0 Å². The summed E-state index contributed by atoms with van der Waals surface area (Å²) < 4.78 is 0. The van der Waals surface area contributed by atoms with Crippen LogP contribution in [0.4, 0.5) is 0 Å². The van der Waals surface area contributed by atoms with Crippen LogP contribution in [0.25, 0.3) is 0 Å². The number of nitrogens with zero attached hydrogens (tertiary/aromatic N) is 1. The van der Waals surface area contributed by atoms with Gasteiger partial charge in [-0.1, -0.05) is 78.1 Å². The minimum atomic E-state index is -0.899. The highest BCUT2D eigenvalue weighted by Gasteiger charge is 2.54. The average molecular weight is 413 g/mol. The van der Waals surface area contributed by atoms with E-state index in [1.54, 1.807) is 0 Å². The number of rotatable bonds is 14. The molecule has 2 atom stereocenters. The van der Waals surface area contributed by atoms with E-state index in [1.807, 2.05) is 4.90 Å². The van der Waals surface area contributed by atoms with Gasteiger partial charge in [0.2, 0.25) is 5.91 Å². The van der Waals surface area contributed by atoms with Crippen LogP contribution in [-0.2, 0) is 4.79 Å². The summed E-state index contributed by atoms with van der Waals surface area (Å²) in [5.74, 6) is -0.140. The molecule has 0 radical (unpaired) electrons. The van der Waals surface area contributed by atoms with Gasteiger partial charge < -0.3 is 4.90 Å². The lowest BCUT2D eigenvalue weighted by atomic mass is 9.90.